The Kier molecular flexibility index (Phi) is 6.66. The summed E-state index contributed by atoms with van der Waals surface area (Å²) < 4.78 is 7.62. The summed E-state index contributed by atoms with van der Waals surface area (Å²) in [5.41, 5.74) is 7.06. The van der Waals surface area contributed by atoms with E-state index in [0.29, 0.717) is 12.2 Å². The molecule has 0 unspecified atom stereocenters. The van der Waals surface area contributed by atoms with E-state index in [-0.39, 0.29) is 0 Å². The molecule has 0 spiro atoms. The Labute approximate surface area is 176 Å². The van der Waals surface area contributed by atoms with Gasteiger partial charge in [-0.25, -0.2) is 5.43 Å². The molecule has 0 aliphatic heterocycles. The molecule has 0 aliphatic rings. The van der Waals surface area contributed by atoms with Crippen LogP contribution in [0.5, 0.6) is 5.75 Å². The normalized spacial score (nSPS) is 11.8. The molecule has 0 fully saturated rings. The number of carbonyl (C=O) groups is 1. The molecule has 30 heavy (non-hydrogen) atoms. The third-order valence-corrected chi connectivity index (χ3v) is 4.78. The molecule has 3 rings (SSSR count). The van der Waals surface area contributed by atoms with Gasteiger partial charge in [-0.3, -0.25) is 4.79 Å². The second-order valence-electron chi connectivity index (χ2n) is 6.80. The molecular formula is C24H24N4O2. The van der Waals surface area contributed by atoms with E-state index >= 15 is 0 Å². The second-order valence-corrected chi connectivity index (χ2v) is 6.80. The molecule has 0 saturated heterocycles. The lowest BCUT2D eigenvalue weighted by atomic mass is 10.0. The van der Waals surface area contributed by atoms with Crippen LogP contribution in [0.25, 0.3) is 5.69 Å². The molecule has 6 heteroatoms. The van der Waals surface area contributed by atoms with E-state index in [0.717, 1.165) is 28.4 Å². The van der Waals surface area contributed by atoms with Crippen molar-refractivity contribution < 1.29 is 9.53 Å². The lowest BCUT2D eigenvalue weighted by molar-refractivity contribution is -0.121. The summed E-state index contributed by atoms with van der Waals surface area (Å²) >= 11 is 0. The Bertz CT molecular complexity index is 1080. The zero-order valence-electron chi connectivity index (χ0n) is 17.3. The largest absolute Gasteiger partial charge is 0.494 e. The molecule has 6 nitrogen and oxygen atoms in total. The number of nitrogens with zero attached hydrogens (tertiary/aromatic N) is 3. The summed E-state index contributed by atoms with van der Waals surface area (Å²) in [5.74, 6) is -0.529. The number of nitrogens with one attached hydrogen (secondary N) is 1. The molecule has 1 N–H and O–H groups in total. The highest BCUT2D eigenvalue weighted by Gasteiger charge is 2.19. The first-order valence-electron chi connectivity index (χ1n) is 9.74. The van der Waals surface area contributed by atoms with Crippen molar-refractivity contribution in [3.8, 4) is 17.5 Å². The van der Waals surface area contributed by atoms with Gasteiger partial charge in [-0.1, -0.05) is 30.3 Å². The highest BCUT2D eigenvalue weighted by molar-refractivity contribution is 5.88. The number of hydrogen-bond acceptors (Lipinski definition) is 4. The minimum atomic E-state index is -0.903. The molecule has 1 aromatic heterocycles. The smallest absolute Gasteiger partial charge is 0.261 e. The van der Waals surface area contributed by atoms with Gasteiger partial charge in [-0.15, -0.1) is 0 Å². The lowest BCUT2D eigenvalue weighted by Crippen LogP contribution is -2.24. The first kappa shape index (κ1) is 20.9. The van der Waals surface area contributed by atoms with Crippen molar-refractivity contribution >= 4 is 12.1 Å². The van der Waals surface area contributed by atoms with Gasteiger partial charge in [0.05, 0.1) is 18.9 Å². The van der Waals surface area contributed by atoms with Crippen molar-refractivity contribution in [1.82, 2.24) is 9.99 Å². The first-order chi connectivity index (χ1) is 14.5. The molecule has 2 aromatic carbocycles. The van der Waals surface area contributed by atoms with Crippen molar-refractivity contribution in [3.63, 3.8) is 0 Å². The van der Waals surface area contributed by atoms with E-state index in [4.69, 9.17) is 4.74 Å². The highest BCUT2D eigenvalue weighted by Crippen LogP contribution is 2.22. The number of hydrazone groups is 1. The Morgan fingerprint density at radius 3 is 2.53 bits per heavy atom. The van der Waals surface area contributed by atoms with Crippen molar-refractivity contribution in [1.29, 1.82) is 5.26 Å². The number of hydrogen-bond donors (Lipinski definition) is 1. The molecule has 3 aromatic rings. The van der Waals surface area contributed by atoms with Crippen LogP contribution in [0.4, 0.5) is 0 Å². The number of aromatic nitrogens is 1. The Hall–Kier alpha value is -3.85. The minimum Gasteiger partial charge on any atom is -0.494 e. The maximum atomic E-state index is 12.4. The summed E-state index contributed by atoms with van der Waals surface area (Å²) in [6, 6.07) is 20.9. The monoisotopic (exact) mass is 400 g/mol. The fourth-order valence-electron chi connectivity index (χ4n) is 3.33. The molecular weight excluding hydrogens is 376 g/mol. The number of carbonyl (C=O) groups excluding carboxylic acids is 1. The third-order valence-electron chi connectivity index (χ3n) is 4.78. The molecule has 0 saturated carbocycles. The summed E-state index contributed by atoms with van der Waals surface area (Å²) in [4.78, 5) is 12.4. The standard InChI is InChI=1S/C24H24N4O2/c1-4-30-22-12-10-21(11-13-22)28-17(2)14-20(18(28)3)16-26-27-24(29)23(15-25)19-8-6-5-7-9-19/h5-14,16,23H,4H2,1-3H3,(H,27,29)/b26-16-/t23-/m1/s1. The van der Waals surface area contributed by atoms with Crippen LogP contribution in [0.1, 0.15) is 35.4 Å². The van der Waals surface area contributed by atoms with Gasteiger partial charge < -0.3 is 9.30 Å². The highest BCUT2D eigenvalue weighted by atomic mass is 16.5. The molecule has 0 radical (unpaired) electrons. The van der Waals surface area contributed by atoms with Gasteiger partial charge in [0.15, 0.2) is 5.92 Å². The maximum absolute atomic E-state index is 12.4. The number of aryl methyl sites for hydroxylation is 1. The van der Waals surface area contributed by atoms with Gasteiger partial charge in [0.2, 0.25) is 0 Å². The molecule has 152 valence electrons. The van der Waals surface area contributed by atoms with Crippen LogP contribution in [0, 0.1) is 25.2 Å². The van der Waals surface area contributed by atoms with Crippen LogP contribution in [0.3, 0.4) is 0 Å². The van der Waals surface area contributed by atoms with E-state index in [1.54, 1.807) is 30.5 Å². The maximum Gasteiger partial charge on any atom is 0.261 e. The van der Waals surface area contributed by atoms with E-state index in [1.165, 1.54) is 0 Å². The quantitative estimate of drug-likeness (QED) is 0.476. The Balaban J connectivity index is 1.74. The fourth-order valence-corrected chi connectivity index (χ4v) is 3.33. The van der Waals surface area contributed by atoms with Crippen LogP contribution in [-0.4, -0.2) is 23.3 Å². The van der Waals surface area contributed by atoms with Crippen LogP contribution < -0.4 is 10.2 Å². The predicted octanol–water partition coefficient (Wildman–Crippen LogP) is 4.25. The summed E-state index contributed by atoms with van der Waals surface area (Å²) in [7, 11) is 0. The number of benzene rings is 2. The van der Waals surface area contributed by atoms with Gasteiger partial charge in [-0.05, 0) is 56.7 Å². The van der Waals surface area contributed by atoms with E-state index < -0.39 is 11.8 Å². The number of amides is 1. The number of rotatable bonds is 7. The lowest BCUT2D eigenvalue weighted by Gasteiger charge is -2.11. The predicted molar refractivity (Wildman–Crippen MR) is 117 cm³/mol. The van der Waals surface area contributed by atoms with E-state index in [1.807, 2.05) is 63.2 Å². The fraction of sp³-hybridized carbons (Fsp3) is 0.208. The number of nitriles is 1. The van der Waals surface area contributed by atoms with Crippen molar-refractivity contribution in [2.24, 2.45) is 5.10 Å². The summed E-state index contributed by atoms with van der Waals surface area (Å²) in [5, 5.41) is 13.4. The second kappa shape index (κ2) is 9.57. The molecule has 0 aliphatic carbocycles. The van der Waals surface area contributed by atoms with Crippen molar-refractivity contribution in [3.05, 3.63) is 83.2 Å². The van der Waals surface area contributed by atoms with Gasteiger partial charge in [0.25, 0.3) is 5.91 Å². The number of ether oxygens (including phenoxy) is 1. The zero-order valence-corrected chi connectivity index (χ0v) is 17.3. The Morgan fingerprint density at radius 2 is 1.90 bits per heavy atom. The van der Waals surface area contributed by atoms with Crippen LogP contribution in [-0.2, 0) is 4.79 Å². The third kappa shape index (κ3) is 4.58. The molecule has 1 atom stereocenters. The van der Waals surface area contributed by atoms with Crippen molar-refractivity contribution in [2.45, 2.75) is 26.7 Å². The van der Waals surface area contributed by atoms with Gasteiger partial charge in [0, 0.05) is 22.6 Å². The minimum absolute atomic E-state index is 0.458. The average molecular weight is 400 g/mol. The topological polar surface area (TPSA) is 79.4 Å². The van der Waals surface area contributed by atoms with Crippen LogP contribution in [0.2, 0.25) is 0 Å². The average Bonchev–Trinajstić information content (AvgIpc) is 3.03. The Morgan fingerprint density at radius 1 is 1.20 bits per heavy atom. The summed E-state index contributed by atoms with van der Waals surface area (Å²) in [6.07, 6.45) is 1.60. The molecule has 1 heterocycles. The van der Waals surface area contributed by atoms with Gasteiger partial charge >= 0.3 is 0 Å². The van der Waals surface area contributed by atoms with Gasteiger partial charge in [0.1, 0.15) is 5.75 Å². The van der Waals surface area contributed by atoms with Crippen LogP contribution >= 0.6 is 0 Å². The first-order valence-corrected chi connectivity index (χ1v) is 9.74. The summed E-state index contributed by atoms with van der Waals surface area (Å²) in [6.45, 7) is 6.59. The van der Waals surface area contributed by atoms with Crippen LogP contribution in [0.15, 0.2) is 65.8 Å². The van der Waals surface area contributed by atoms with Gasteiger partial charge in [-0.2, -0.15) is 10.4 Å². The van der Waals surface area contributed by atoms with E-state index in [9.17, 15) is 10.1 Å². The van der Waals surface area contributed by atoms with Crippen molar-refractivity contribution in [2.75, 3.05) is 6.61 Å². The SMILES string of the molecule is CCOc1ccc(-n2c(C)cc(/C=N\NC(=O)[C@H](C#N)c3ccccc3)c2C)cc1. The zero-order chi connectivity index (χ0) is 21.5. The molecule has 0 bridgehead atoms. The van der Waals surface area contributed by atoms with E-state index in [2.05, 4.69) is 15.1 Å². The molecule has 1 amide bonds.